The fourth-order valence-electron chi connectivity index (χ4n) is 6.39. The van der Waals surface area contributed by atoms with Crippen molar-refractivity contribution in [3.05, 3.63) is 35.4 Å². The summed E-state index contributed by atoms with van der Waals surface area (Å²) in [5, 5.41) is 12.1. The van der Waals surface area contributed by atoms with E-state index in [0.29, 0.717) is 12.8 Å². The van der Waals surface area contributed by atoms with Crippen LogP contribution in [0.2, 0.25) is 72.5 Å². The minimum Gasteiger partial charge on any atom is -0.543 e. The van der Waals surface area contributed by atoms with Gasteiger partial charge in [-0.3, -0.25) is 4.79 Å². The Hall–Kier alpha value is -1.02. The van der Waals surface area contributed by atoms with Crippen LogP contribution in [0.5, 0.6) is 11.5 Å². The van der Waals surface area contributed by atoms with Crippen LogP contribution in [0.3, 0.4) is 0 Å². The van der Waals surface area contributed by atoms with Crippen molar-refractivity contribution in [1.82, 2.24) is 0 Å². The first-order valence-corrected chi connectivity index (χ1v) is 33.0. The lowest BCUT2D eigenvalue weighted by molar-refractivity contribution is -0.135. The maximum absolute atomic E-state index is 14.4. The summed E-state index contributed by atoms with van der Waals surface area (Å²) >= 11 is 0. The first-order chi connectivity index (χ1) is 25.0. The molecular formula is C46H90O6Si4. The van der Waals surface area contributed by atoms with E-state index in [-0.39, 0.29) is 45.4 Å². The van der Waals surface area contributed by atoms with Gasteiger partial charge in [-0.05, 0) is 116 Å². The van der Waals surface area contributed by atoms with Crippen LogP contribution in [-0.2, 0) is 20.1 Å². The summed E-state index contributed by atoms with van der Waals surface area (Å²) in [6, 6.07) is 5.17. The third kappa shape index (κ3) is 12.7. The van der Waals surface area contributed by atoms with Gasteiger partial charge in [0.15, 0.2) is 16.6 Å². The SMILES string of the molecule is C=CC[C@@H](O[Si](CC)(CC)CC)C(C)(C)C(=O)C[C@H](O)[C@@H](C)[C@@H](Cc1c(C)c(O[Si](C)(C)C(C)(C)C)cc(O[Si](C)(C)C(C)(C)C)c1C)O[Si](C)(C)C(C)(C)C. The highest BCUT2D eigenvalue weighted by molar-refractivity contribution is 6.75. The first kappa shape index (κ1) is 53.0. The van der Waals surface area contributed by atoms with Crippen LogP contribution in [0.1, 0.15) is 133 Å². The summed E-state index contributed by atoms with van der Waals surface area (Å²) in [6.07, 6.45) is 1.55. The number of hydrogen-bond donors (Lipinski definition) is 1. The molecule has 0 saturated carbocycles. The summed E-state index contributed by atoms with van der Waals surface area (Å²) in [7, 11) is -8.77. The second-order valence-electron chi connectivity index (χ2n) is 22.1. The predicted octanol–water partition coefficient (Wildman–Crippen LogP) is 14.0. The third-order valence-corrected chi connectivity index (χ3v) is 32.6. The highest BCUT2D eigenvalue weighted by Crippen LogP contribution is 2.46. The minimum absolute atomic E-state index is 0.0148. The molecule has 1 aromatic rings. The van der Waals surface area contributed by atoms with Gasteiger partial charge in [0.25, 0.3) is 0 Å². The van der Waals surface area contributed by atoms with Crippen molar-refractivity contribution in [2.24, 2.45) is 11.3 Å². The summed E-state index contributed by atoms with van der Waals surface area (Å²) < 4.78 is 28.5. The average Bonchev–Trinajstić information content (AvgIpc) is 3.04. The first-order valence-electron chi connectivity index (χ1n) is 21.7. The van der Waals surface area contributed by atoms with Crippen LogP contribution < -0.4 is 8.85 Å². The molecule has 10 heteroatoms. The Balaban J connectivity index is 3.92. The largest absolute Gasteiger partial charge is 0.543 e. The van der Waals surface area contributed by atoms with Crippen LogP contribution in [0, 0.1) is 25.2 Å². The molecule has 0 unspecified atom stereocenters. The number of rotatable bonds is 21. The monoisotopic (exact) mass is 851 g/mol. The Morgan fingerprint density at radius 3 is 1.46 bits per heavy atom. The molecule has 0 aliphatic carbocycles. The summed E-state index contributed by atoms with van der Waals surface area (Å²) in [5.74, 6) is 1.44. The van der Waals surface area contributed by atoms with Gasteiger partial charge in [-0.15, -0.1) is 6.58 Å². The van der Waals surface area contributed by atoms with Crippen LogP contribution >= 0.6 is 0 Å². The molecule has 0 bridgehead atoms. The number of benzene rings is 1. The van der Waals surface area contributed by atoms with Gasteiger partial charge < -0.3 is 22.8 Å². The molecule has 0 saturated heterocycles. The lowest BCUT2D eigenvalue weighted by atomic mass is 9.77. The smallest absolute Gasteiger partial charge is 0.250 e. The van der Waals surface area contributed by atoms with E-state index in [1.54, 1.807) is 0 Å². The molecule has 1 rings (SSSR count). The zero-order chi connectivity index (χ0) is 44.3. The normalized spacial score (nSPS) is 16.3. The van der Waals surface area contributed by atoms with Crippen LogP contribution in [-0.4, -0.2) is 62.5 Å². The van der Waals surface area contributed by atoms with Crippen molar-refractivity contribution in [1.29, 1.82) is 0 Å². The molecule has 0 aliphatic heterocycles. The van der Waals surface area contributed by atoms with Crippen LogP contribution in [0.4, 0.5) is 0 Å². The zero-order valence-electron chi connectivity index (χ0n) is 40.9. The van der Waals surface area contributed by atoms with Crippen LogP contribution in [0.25, 0.3) is 0 Å². The Morgan fingerprint density at radius 1 is 0.732 bits per heavy atom. The molecule has 1 aromatic carbocycles. The van der Waals surface area contributed by atoms with E-state index in [0.717, 1.165) is 46.3 Å². The van der Waals surface area contributed by atoms with E-state index >= 15 is 0 Å². The molecule has 4 atom stereocenters. The van der Waals surface area contributed by atoms with E-state index in [1.165, 1.54) is 0 Å². The zero-order valence-corrected chi connectivity index (χ0v) is 44.9. The van der Waals surface area contributed by atoms with Gasteiger partial charge in [-0.25, -0.2) is 0 Å². The number of aliphatic hydroxyl groups is 1. The predicted molar refractivity (Wildman–Crippen MR) is 253 cm³/mol. The number of carbonyl (C=O) groups is 1. The van der Waals surface area contributed by atoms with Crippen molar-refractivity contribution in [2.45, 2.75) is 228 Å². The van der Waals surface area contributed by atoms with E-state index in [1.807, 2.05) is 19.9 Å². The molecule has 0 fully saturated rings. The minimum atomic E-state index is -2.33. The quantitative estimate of drug-likeness (QED) is 0.0981. The van der Waals surface area contributed by atoms with Gasteiger partial charge >= 0.3 is 0 Å². The molecular weight excluding hydrogens is 761 g/mol. The lowest BCUT2D eigenvalue weighted by Gasteiger charge is -2.43. The maximum atomic E-state index is 14.4. The maximum Gasteiger partial charge on any atom is 0.250 e. The Bertz CT molecular complexity index is 1400. The van der Waals surface area contributed by atoms with Gasteiger partial charge in [0.05, 0.1) is 18.3 Å². The molecule has 0 heterocycles. The van der Waals surface area contributed by atoms with E-state index in [4.69, 9.17) is 17.7 Å². The molecule has 0 spiro atoms. The number of aliphatic hydroxyl groups excluding tert-OH is 1. The Morgan fingerprint density at radius 2 is 1.12 bits per heavy atom. The van der Waals surface area contributed by atoms with Crippen molar-refractivity contribution >= 4 is 39.1 Å². The van der Waals surface area contributed by atoms with Gasteiger partial charge in [0, 0.05) is 23.8 Å². The number of carbonyl (C=O) groups excluding carboxylic acids is 1. The van der Waals surface area contributed by atoms with Gasteiger partial charge in [0.2, 0.25) is 16.6 Å². The van der Waals surface area contributed by atoms with Gasteiger partial charge in [-0.2, -0.15) is 0 Å². The van der Waals surface area contributed by atoms with Crippen LogP contribution in [0.15, 0.2) is 18.7 Å². The molecule has 6 nitrogen and oxygen atoms in total. The van der Waals surface area contributed by atoms with E-state index in [2.05, 4.69) is 156 Å². The topological polar surface area (TPSA) is 74.2 Å². The highest BCUT2D eigenvalue weighted by Gasteiger charge is 2.46. The molecule has 56 heavy (non-hydrogen) atoms. The second-order valence-corrected chi connectivity index (χ2v) is 41.0. The standard InChI is InChI=1S/C46H90O6Si4/c1-25-29-42(52-56(26-2,27-3)28-4)46(17,18)41(48)31-37(47)35(7)38(49-53(19,20)43(8,9)10)30-36-33(5)39(50-54(21,22)44(11,12)13)32-40(34(36)6)51-55(23,24)45(14,15)16/h25,32,35,37-38,42,47H,1,26-31H2,2-24H3/t35-,37+,38-,42-/m1/s1. The van der Waals surface area contributed by atoms with E-state index < -0.39 is 44.8 Å². The number of ketones is 1. The van der Waals surface area contributed by atoms with E-state index in [9.17, 15) is 9.90 Å². The second kappa shape index (κ2) is 19.1. The molecule has 0 amide bonds. The summed E-state index contributed by atoms with van der Waals surface area (Å²) in [4.78, 5) is 14.4. The van der Waals surface area contributed by atoms with Crippen molar-refractivity contribution in [2.75, 3.05) is 0 Å². The fraction of sp³-hybridized carbons (Fsp3) is 0.804. The molecule has 0 aliphatic rings. The summed E-state index contributed by atoms with van der Waals surface area (Å²) in [5.41, 5.74) is 2.54. The Kier molecular flexibility index (Phi) is 18.1. The van der Waals surface area contributed by atoms with Gasteiger partial charge in [0.1, 0.15) is 17.3 Å². The molecule has 0 radical (unpaired) electrons. The molecule has 1 N–H and O–H groups in total. The number of Topliss-reactive ketones (excluding diaryl/α,β-unsaturated/α-hetero) is 1. The van der Waals surface area contributed by atoms with Gasteiger partial charge in [-0.1, -0.05) is 110 Å². The van der Waals surface area contributed by atoms with Crippen molar-refractivity contribution < 1.29 is 27.6 Å². The molecule has 326 valence electrons. The lowest BCUT2D eigenvalue weighted by Crippen LogP contribution is -2.50. The molecule has 0 aromatic heterocycles. The Labute approximate surface area is 351 Å². The highest BCUT2D eigenvalue weighted by atomic mass is 28.4. The fourth-order valence-corrected chi connectivity index (χ4v) is 12.9. The third-order valence-electron chi connectivity index (χ3n) is 14.7. The number of hydrogen-bond acceptors (Lipinski definition) is 6. The van der Waals surface area contributed by atoms with Crippen molar-refractivity contribution in [3.8, 4) is 11.5 Å². The average molecular weight is 852 g/mol. The summed E-state index contributed by atoms with van der Waals surface area (Å²) in [6.45, 7) is 55.2. The van der Waals surface area contributed by atoms with Crippen molar-refractivity contribution in [3.63, 3.8) is 0 Å².